The van der Waals surface area contributed by atoms with E-state index in [2.05, 4.69) is 34.2 Å². The first kappa shape index (κ1) is 13.2. The lowest BCUT2D eigenvalue weighted by atomic mass is 10.2. The summed E-state index contributed by atoms with van der Waals surface area (Å²) >= 11 is 1.90. The van der Waals surface area contributed by atoms with Crippen LogP contribution in [0.3, 0.4) is 0 Å². The number of fused-ring (bicyclic) bond motifs is 1. The zero-order chi connectivity index (χ0) is 12.7. The maximum atomic E-state index is 2.70. The van der Waals surface area contributed by atoms with Crippen molar-refractivity contribution < 1.29 is 0 Å². The van der Waals surface area contributed by atoms with Crippen LogP contribution in [-0.4, -0.2) is 72.2 Å². The Morgan fingerprint density at radius 2 is 1.67 bits per heavy atom. The molecule has 1 unspecified atom stereocenters. The van der Waals surface area contributed by atoms with E-state index in [0.717, 1.165) is 23.8 Å². The molecular formula is C14H27N3S. The van der Waals surface area contributed by atoms with E-state index in [1.54, 1.807) is 0 Å². The fraction of sp³-hybridized carbons (Fsp3) is 1.00. The Morgan fingerprint density at radius 3 is 2.17 bits per heavy atom. The highest BCUT2D eigenvalue weighted by atomic mass is 32.2. The molecule has 2 aliphatic heterocycles. The Labute approximate surface area is 116 Å². The van der Waals surface area contributed by atoms with Gasteiger partial charge in [-0.25, -0.2) is 4.31 Å². The van der Waals surface area contributed by atoms with Crippen LogP contribution in [0.15, 0.2) is 0 Å². The Balaban J connectivity index is 1.40. The third-order valence-corrected chi connectivity index (χ3v) is 6.07. The summed E-state index contributed by atoms with van der Waals surface area (Å²) in [5.41, 5.74) is 0. The van der Waals surface area contributed by atoms with Gasteiger partial charge in [-0.15, -0.1) is 0 Å². The smallest absolute Gasteiger partial charge is 0.0218 e. The Hall–Kier alpha value is 0.230. The molecule has 0 bridgehead atoms. The van der Waals surface area contributed by atoms with Crippen LogP contribution in [0.1, 0.15) is 13.8 Å². The van der Waals surface area contributed by atoms with Crippen molar-refractivity contribution in [3.05, 3.63) is 0 Å². The number of rotatable bonds is 4. The van der Waals surface area contributed by atoms with Crippen molar-refractivity contribution in [3.63, 3.8) is 0 Å². The van der Waals surface area contributed by atoms with E-state index in [-0.39, 0.29) is 0 Å². The Bertz CT molecular complexity index is 277. The molecule has 1 saturated carbocycles. The van der Waals surface area contributed by atoms with Crippen LogP contribution in [0, 0.1) is 17.8 Å². The van der Waals surface area contributed by atoms with Crippen LogP contribution >= 0.6 is 11.9 Å². The van der Waals surface area contributed by atoms with Crippen molar-refractivity contribution in [2.45, 2.75) is 19.9 Å². The molecule has 3 fully saturated rings. The minimum absolute atomic E-state index is 0.753. The number of hydrogen-bond donors (Lipinski definition) is 0. The molecule has 2 saturated heterocycles. The molecule has 1 aliphatic carbocycles. The summed E-state index contributed by atoms with van der Waals surface area (Å²) in [5.74, 6) is 3.10. The lowest BCUT2D eigenvalue weighted by Gasteiger charge is -2.34. The molecule has 0 aromatic rings. The lowest BCUT2D eigenvalue weighted by Crippen LogP contribution is -2.44. The highest BCUT2D eigenvalue weighted by Gasteiger charge is 2.55. The highest BCUT2D eigenvalue weighted by Crippen LogP contribution is 2.52. The molecule has 0 amide bonds. The van der Waals surface area contributed by atoms with Gasteiger partial charge in [0.05, 0.1) is 0 Å². The maximum Gasteiger partial charge on any atom is 0.0218 e. The predicted molar refractivity (Wildman–Crippen MR) is 78.7 cm³/mol. The van der Waals surface area contributed by atoms with Crippen LogP contribution in [-0.2, 0) is 0 Å². The summed E-state index contributed by atoms with van der Waals surface area (Å²) in [6.45, 7) is 13.9. The quantitative estimate of drug-likeness (QED) is 0.715. The standard InChI is InChI=1S/C14H27N3S/c1-11(2)16-9-13-12(14(13)10-16)8-15-4-6-17(18-3)7-5-15/h11-14H,4-10H2,1-3H3/t12?,13-,14+. The van der Waals surface area contributed by atoms with E-state index in [4.69, 9.17) is 0 Å². The molecule has 3 atom stereocenters. The number of hydrogen-bond acceptors (Lipinski definition) is 4. The van der Waals surface area contributed by atoms with Crippen molar-refractivity contribution in [2.24, 2.45) is 17.8 Å². The second kappa shape index (κ2) is 5.31. The minimum Gasteiger partial charge on any atom is -0.300 e. The van der Waals surface area contributed by atoms with Gasteiger partial charge in [0.1, 0.15) is 0 Å². The first-order valence-electron chi connectivity index (χ1n) is 7.44. The summed E-state index contributed by atoms with van der Waals surface area (Å²) in [6.07, 6.45) is 2.20. The summed E-state index contributed by atoms with van der Waals surface area (Å²) in [4.78, 5) is 5.37. The van der Waals surface area contributed by atoms with Gasteiger partial charge in [0.15, 0.2) is 0 Å². The molecule has 3 rings (SSSR count). The fourth-order valence-corrected chi connectivity index (χ4v) is 4.30. The van der Waals surface area contributed by atoms with Gasteiger partial charge >= 0.3 is 0 Å². The molecule has 0 spiro atoms. The van der Waals surface area contributed by atoms with Crippen molar-refractivity contribution >= 4 is 11.9 Å². The molecular weight excluding hydrogens is 242 g/mol. The van der Waals surface area contributed by atoms with Gasteiger partial charge in [0, 0.05) is 51.9 Å². The van der Waals surface area contributed by atoms with Crippen LogP contribution < -0.4 is 0 Å². The number of piperazine rings is 1. The van der Waals surface area contributed by atoms with Crippen LogP contribution in [0.2, 0.25) is 0 Å². The first-order valence-corrected chi connectivity index (χ1v) is 8.62. The summed E-state index contributed by atoms with van der Waals surface area (Å²) in [6, 6.07) is 0.753. The van der Waals surface area contributed by atoms with E-state index < -0.39 is 0 Å². The van der Waals surface area contributed by atoms with Crippen LogP contribution in [0.5, 0.6) is 0 Å². The molecule has 18 heavy (non-hydrogen) atoms. The minimum atomic E-state index is 0.753. The maximum absolute atomic E-state index is 2.70. The van der Waals surface area contributed by atoms with Gasteiger partial charge in [-0.05, 0) is 37.9 Å². The zero-order valence-corrected chi connectivity index (χ0v) is 12.8. The van der Waals surface area contributed by atoms with Crippen molar-refractivity contribution in [2.75, 3.05) is 52.1 Å². The van der Waals surface area contributed by atoms with E-state index in [1.807, 2.05) is 11.9 Å². The molecule has 0 radical (unpaired) electrons. The monoisotopic (exact) mass is 269 g/mol. The lowest BCUT2D eigenvalue weighted by molar-refractivity contribution is 0.168. The second-order valence-electron chi connectivity index (χ2n) is 6.45. The SMILES string of the molecule is CSN1CCN(CC2[C@H]3CN(C(C)C)C[C@@H]23)CC1. The second-order valence-corrected chi connectivity index (χ2v) is 7.33. The average molecular weight is 269 g/mol. The molecule has 3 nitrogen and oxygen atoms in total. The molecule has 2 heterocycles. The molecule has 0 aromatic heterocycles. The summed E-state index contributed by atoms with van der Waals surface area (Å²) in [7, 11) is 0. The van der Waals surface area contributed by atoms with Crippen LogP contribution in [0.4, 0.5) is 0 Å². The summed E-state index contributed by atoms with van der Waals surface area (Å²) in [5, 5.41) is 0. The number of piperidine rings is 1. The molecule has 0 N–H and O–H groups in total. The van der Waals surface area contributed by atoms with Crippen molar-refractivity contribution in [1.82, 2.24) is 14.1 Å². The topological polar surface area (TPSA) is 9.72 Å². The van der Waals surface area contributed by atoms with Gasteiger partial charge in [-0.2, -0.15) is 0 Å². The van der Waals surface area contributed by atoms with E-state index in [9.17, 15) is 0 Å². The molecule has 0 aromatic carbocycles. The summed E-state index contributed by atoms with van der Waals surface area (Å²) < 4.78 is 2.49. The van der Waals surface area contributed by atoms with Crippen LogP contribution in [0.25, 0.3) is 0 Å². The normalized spacial score (nSPS) is 38.3. The number of nitrogens with zero attached hydrogens (tertiary/aromatic N) is 3. The van der Waals surface area contributed by atoms with Gasteiger partial charge in [0.25, 0.3) is 0 Å². The van der Waals surface area contributed by atoms with Crippen molar-refractivity contribution in [3.8, 4) is 0 Å². The zero-order valence-electron chi connectivity index (χ0n) is 12.0. The average Bonchev–Trinajstić information content (AvgIpc) is 2.84. The van der Waals surface area contributed by atoms with E-state index in [1.165, 1.54) is 45.8 Å². The van der Waals surface area contributed by atoms with Crippen molar-refractivity contribution in [1.29, 1.82) is 0 Å². The third kappa shape index (κ3) is 2.58. The molecule has 104 valence electrons. The van der Waals surface area contributed by atoms with Gasteiger partial charge in [-0.3, -0.25) is 0 Å². The highest BCUT2D eigenvalue weighted by molar-refractivity contribution is 7.96. The van der Waals surface area contributed by atoms with Gasteiger partial charge in [0.2, 0.25) is 0 Å². The van der Waals surface area contributed by atoms with E-state index in [0.29, 0.717) is 0 Å². The van der Waals surface area contributed by atoms with Gasteiger partial charge in [-0.1, -0.05) is 11.9 Å². The third-order valence-electron chi connectivity index (χ3n) is 5.19. The largest absolute Gasteiger partial charge is 0.300 e. The fourth-order valence-electron chi connectivity index (χ4n) is 3.77. The Morgan fingerprint density at radius 1 is 1.06 bits per heavy atom. The molecule has 3 aliphatic rings. The first-order chi connectivity index (χ1) is 8.69. The number of likely N-dealkylation sites (tertiary alicyclic amines) is 1. The molecule has 4 heteroatoms. The predicted octanol–water partition coefficient (Wildman–Crippen LogP) is 1.47. The van der Waals surface area contributed by atoms with Gasteiger partial charge < -0.3 is 9.80 Å². The Kier molecular flexibility index (Phi) is 3.90. The van der Waals surface area contributed by atoms with E-state index >= 15 is 0 Å².